The molecule has 0 aliphatic rings. The smallest absolute Gasteiger partial charge is 0.207 e. The van der Waals surface area contributed by atoms with Gasteiger partial charge in [-0.15, -0.1) is 0 Å². The molecule has 0 aromatic heterocycles. The van der Waals surface area contributed by atoms with E-state index in [2.05, 4.69) is 0 Å². The zero-order valence-electron chi connectivity index (χ0n) is 8.03. The maximum absolute atomic E-state index is 12.2. The Morgan fingerprint density at radius 2 is 1.43 bits per heavy atom. The molecule has 0 amide bonds. The number of hydrogen-bond donors (Lipinski definition) is 0. The van der Waals surface area contributed by atoms with Gasteiger partial charge in [0.2, 0.25) is 0 Å². The van der Waals surface area contributed by atoms with Gasteiger partial charge in [-0.1, -0.05) is 26.0 Å². The molecule has 1 rings (SSSR count). The van der Waals surface area contributed by atoms with Crippen molar-refractivity contribution in [2.75, 3.05) is 0 Å². The highest BCUT2D eigenvalue weighted by atomic mass is 19.4. The fraction of sp³-hybridized carbons (Fsp3) is 0.400. The SMILES string of the molecule is CC.Fc1ccc(CC(F)(F)F)cc1. The fourth-order valence-electron chi connectivity index (χ4n) is 0.834. The molecule has 0 aliphatic heterocycles. The molecule has 0 aliphatic carbocycles. The second-order valence-electron chi connectivity index (χ2n) is 2.42. The fourth-order valence-corrected chi connectivity index (χ4v) is 0.834. The summed E-state index contributed by atoms with van der Waals surface area (Å²) >= 11 is 0. The van der Waals surface area contributed by atoms with Crippen LogP contribution < -0.4 is 0 Å². The van der Waals surface area contributed by atoms with Crippen LogP contribution in [0, 0.1) is 5.82 Å². The van der Waals surface area contributed by atoms with Crippen LogP contribution in [0.3, 0.4) is 0 Å². The molecule has 0 spiro atoms. The molecule has 80 valence electrons. The molecule has 0 bridgehead atoms. The van der Waals surface area contributed by atoms with E-state index in [1.165, 1.54) is 0 Å². The van der Waals surface area contributed by atoms with E-state index in [1.54, 1.807) is 0 Å². The molecule has 0 nitrogen and oxygen atoms in total. The monoisotopic (exact) mass is 208 g/mol. The van der Waals surface area contributed by atoms with E-state index in [0.717, 1.165) is 24.3 Å². The molecular weight excluding hydrogens is 196 g/mol. The van der Waals surface area contributed by atoms with E-state index in [0.29, 0.717) is 0 Å². The van der Waals surface area contributed by atoms with Crippen LogP contribution in [-0.4, -0.2) is 6.18 Å². The van der Waals surface area contributed by atoms with E-state index in [1.807, 2.05) is 13.8 Å². The lowest BCUT2D eigenvalue weighted by Crippen LogP contribution is -2.11. The Bertz CT molecular complexity index is 248. The average Bonchev–Trinajstić information content (AvgIpc) is 2.10. The summed E-state index contributed by atoms with van der Waals surface area (Å²) in [4.78, 5) is 0. The summed E-state index contributed by atoms with van der Waals surface area (Å²) in [5.74, 6) is -0.527. The van der Waals surface area contributed by atoms with Gasteiger partial charge < -0.3 is 0 Å². The maximum Gasteiger partial charge on any atom is 0.393 e. The first-order chi connectivity index (χ1) is 6.47. The van der Waals surface area contributed by atoms with Gasteiger partial charge in [-0.25, -0.2) is 4.39 Å². The van der Waals surface area contributed by atoms with Crippen molar-refractivity contribution >= 4 is 0 Å². The first kappa shape index (κ1) is 12.9. The second-order valence-corrected chi connectivity index (χ2v) is 2.42. The molecule has 1 aromatic rings. The van der Waals surface area contributed by atoms with Crippen molar-refractivity contribution in [3.63, 3.8) is 0 Å². The van der Waals surface area contributed by atoms with Crippen molar-refractivity contribution < 1.29 is 17.6 Å². The van der Waals surface area contributed by atoms with Crippen LogP contribution in [-0.2, 0) is 6.42 Å². The predicted octanol–water partition coefficient (Wildman–Crippen LogP) is 3.96. The summed E-state index contributed by atoms with van der Waals surface area (Å²) in [5.41, 5.74) is 0.0731. The lowest BCUT2D eigenvalue weighted by molar-refractivity contribution is -0.127. The summed E-state index contributed by atoms with van der Waals surface area (Å²) in [6, 6.07) is 4.29. The minimum atomic E-state index is -4.22. The normalized spacial score (nSPS) is 10.4. The lowest BCUT2D eigenvalue weighted by Gasteiger charge is -2.05. The van der Waals surface area contributed by atoms with Gasteiger partial charge in [0.25, 0.3) is 0 Å². The molecule has 0 saturated heterocycles. The Labute approximate surface area is 80.6 Å². The number of halogens is 4. The van der Waals surface area contributed by atoms with Crippen LogP contribution in [0.2, 0.25) is 0 Å². The molecule has 0 saturated carbocycles. The zero-order valence-corrected chi connectivity index (χ0v) is 8.03. The molecule has 1 aromatic carbocycles. The highest BCUT2D eigenvalue weighted by Crippen LogP contribution is 2.20. The molecule has 0 radical (unpaired) electrons. The Balaban J connectivity index is 0.000000791. The third kappa shape index (κ3) is 5.56. The minimum absolute atomic E-state index is 0.0731. The first-order valence-electron chi connectivity index (χ1n) is 4.28. The van der Waals surface area contributed by atoms with E-state index < -0.39 is 18.4 Å². The van der Waals surface area contributed by atoms with Gasteiger partial charge in [0, 0.05) is 0 Å². The highest BCUT2D eigenvalue weighted by molar-refractivity contribution is 5.16. The quantitative estimate of drug-likeness (QED) is 0.613. The summed E-state index contributed by atoms with van der Waals surface area (Å²) in [5, 5.41) is 0. The van der Waals surface area contributed by atoms with Crippen LogP contribution in [0.5, 0.6) is 0 Å². The highest BCUT2D eigenvalue weighted by Gasteiger charge is 2.27. The number of rotatable bonds is 1. The van der Waals surface area contributed by atoms with Crippen molar-refractivity contribution in [3.8, 4) is 0 Å². The van der Waals surface area contributed by atoms with Gasteiger partial charge in [0.1, 0.15) is 5.82 Å². The van der Waals surface area contributed by atoms with Gasteiger partial charge in [-0.3, -0.25) is 0 Å². The van der Waals surface area contributed by atoms with Crippen LogP contribution in [0.15, 0.2) is 24.3 Å². The summed E-state index contributed by atoms with van der Waals surface area (Å²) in [6.45, 7) is 4.00. The molecule has 0 atom stereocenters. The third-order valence-electron chi connectivity index (χ3n) is 1.32. The van der Waals surface area contributed by atoms with Gasteiger partial charge in [-0.2, -0.15) is 13.2 Å². The van der Waals surface area contributed by atoms with Crippen LogP contribution >= 0.6 is 0 Å². The molecule has 14 heavy (non-hydrogen) atoms. The summed E-state index contributed by atoms with van der Waals surface area (Å²) < 4.78 is 47.5. The number of alkyl halides is 3. The Hall–Kier alpha value is -1.06. The number of benzene rings is 1. The topological polar surface area (TPSA) is 0 Å². The lowest BCUT2D eigenvalue weighted by atomic mass is 10.1. The van der Waals surface area contributed by atoms with Gasteiger partial charge in [0.05, 0.1) is 6.42 Å². The predicted molar refractivity (Wildman–Crippen MR) is 47.5 cm³/mol. The van der Waals surface area contributed by atoms with Gasteiger partial charge in [0.15, 0.2) is 0 Å². The second kappa shape index (κ2) is 5.62. The van der Waals surface area contributed by atoms with Gasteiger partial charge >= 0.3 is 6.18 Å². The average molecular weight is 208 g/mol. The van der Waals surface area contributed by atoms with Crippen molar-refractivity contribution in [2.24, 2.45) is 0 Å². The molecule has 0 fully saturated rings. The Kier molecular flexibility index (Phi) is 5.20. The zero-order chi connectivity index (χ0) is 11.2. The van der Waals surface area contributed by atoms with Crippen LogP contribution in [0.4, 0.5) is 17.6 Å². The van der Waals surface area contributed by atoms with Crippen molar-refractivity contribution in [2.45, 2.75) is 26.4 Å². The van der Waals surface area contributed by atoms with E-state index in [9.17, 15) is 17.6 Å². The summed E-state index contributed by atoms with van der Waals surface area (Å²) in [7, 11) is 0. The first-order valence-corrected chi connectivity index (χ1v) is 4.28. The van der Waals surface area contributed by atoms with E-state index in [4.69, 9.17) is 0 Å². The molecule has 0 N–H and O–H groups in total. The summed E-state index contributed by atoms with van der Waals surface area (Å²) in [6.07, 6.45) is -5.23. The van der Waals surface area contributed by atoms with Crippen LogP contribution in [0.25, 0.3) is 0 Å². The van der Waals surface area contributed by atoms with Crippen molar-refractivity contribution in [1.82, 2.24) is 0 Å². The molecule has 4 heteroatoms. The standard InChI is InChI=1S/C8H6F4.C2H6/c9-7-3-1-6(2-4-7)5-8(10,11)12;1-2/h1-4H,5H2;1-2H3. The maximum atomic E-state index is 12.2. The van der Waals surface area contributed by atoms with Crippen molar-refractivity contribution in [3.05, 3.63) is 35.6 Å². The van der Waals surface area contributed by atoms with E-state index >= 15 is 0 Å². The van der Waals surface area contributed by atoms with Gasteiger partial charge in [-0.05, 0) is 17.7 Å². The Morgan fingerprint density at radius 1 is 1.00 bits per heavy atom. The Morgan fingerprint density at radius 3 is 1.79 bits per heavy atom. The minimum Gasteiger partial charge on any atom is -0.207 e. The number of hydrogen-bond acceptors (Lipinski definition) is 0. The van der Waals surface area contributed by atoms with Crippen LogP contribution in [0.1, 0.15) is 19.4 Å². The third-order valence-corrected chi connectivity index (χ3v) is 1.32. The van der Waals surface area contributed by atoms with E-state index in [-0.39, 0.29) is 5.56 Å². The molecule has 0 unspecified atom stereocenters. The molecule has 0 heterocycles. The van der Waals surface area contributed by atoms with Crippen molar-refractivity contribution in [1.29, 1.82) is 0 Å². The molecular formula is C10H12F4. The largest absolute Gasteiger partial charge is 0.393 e.